The maximum Gasteiger partial charge on any atom is 0.373 e. The fourth-order valence-corrected chi connectivity index (χ4v) is 0.204. The summed E-state index contributed by atoms with van der Waals surface area (Å²) in [5, 5.41) is 0. The van der Waals surface area contributed by atoms with E-state index >= 15 is 0 Å². The summed E-state index contributed by atoms with van der Waals surface area (Å²) in [7, 11) is 1.71. The van der Waals surface area contributed by atoms with Crippen molar-refractivity contribution in [3.8, 4) is 0 Å². The van der Waals surface area contributed by atoms with Crippen LogP contribution in [0.1, 0.15) is 13.3 Å². The second-order valence-corrected chi connectivity index (χ2v) is 1.08. The minimum Gasteiger partial charge on any atom is -0.385 e. The van der Waals surface area contributed by atoms with Crippen LogP contribution in [-0.4, -0.2) is 19.9 Å². The molecular weight excluding hydrogens is 108 g/mol. The van der Waals surface area contributed by atoms with Gasteiger partial charge in [0.05, 0.1) is 0 Å². The van der Waals surface area contributed by atoms with Gasteiger partial charge in [-0.25, -0.2) is 0 Å². The third-order valence-corrected chi connectivity index (χ3v) is 0.408. The molecule has 0 aliphatic carbocycles. The predicted molar refractivity (Wildman–Crippen MR) is 27.2 cm³/mol. The molecule has 0 aromatic carbocycles. The van der Waals surface area contributed by atoms with Gasteiger partial charge in [-0.15, -0.1) is 0 Å². The van der Waals surface area contributed by atoms with Crippen molar-refractivity contribution in [2.24, 2.45) is 0 Å². The van der Waals surface area contributed by atoms with E-state index in [9.17, 15) is 0 Å². The zero-order chi connectivity index (χ0) is 6.83. The highest BCUT2D eigenvalue weighted by Gasteiger charge is 1.66. The molecule has 0 aliphatic heterocycles. The van der Waals surface area contributed by atoms with Gasteiger partial charge in [0.15, 0.2) is 0 Å². The Morgan fingerprint density at radius 1 is 1.50 bits per heavy atom. The van der Waals surface area contributed by atoms with E-state index in [1.54, 1.807) is 7.11 Å². The first-order valence-corrected chi connectivity index (χ1v) is 2.31. The molecule has 0 unspecified atom stereocenters. The number of ether oxygens (including phenoxy) is 1. The molecule has 0 atom stereocenters. The zero-order valence-corrected chi connectivity index (χ0v) is 5.14. The van der Waals surface area contributed by atoms with Crippen molar-refractivity contribution in [3.63, 3.8) is 0 Å². The van der Waals surface area contributed by atoms with E-state index in [0.29, 0.717) is 0 Å². The monoisotopic (exact) mass is 118 g/mol. The van der Waals surface area contributed by atoms with Crippen molar-refractivity contribution in [1.82, 2.24) is 0 Å². The standard InChI is InChI=1S/C4H10O.CO2/c1-3-4-5-2;2-1-3/h3-4H2,1-2H3;. The Kier molecular flexibility index (Phi) is 21.0. The van der Waals surface area contributed by atoms with Gasteiger partial charge in [-0.3, -0.25) is 0 Å². The predicted octanol–water partition coefficient (Wildman–Crippen LogP) is 0.459. The highest BCUT2D eigenvalue weighted by molar-refractivity contribution is 5.20. The Hall–Kier alpha value is -0.660. The molecule has 0 fully saturated rings. The molecule has 0 rings (SSSR count). The fourth-order valence-electron chi connectivity index (χ4n) is 0.204. The van der Waals surface area contributed by atoms with Crippen molar-refractivity contribution in [1.29, 1.82) is 0 Å². The Labute approximate surface area is 48.6 Å². The van der Waals surface area contributed by atoms with Crippen molar-refractivity contribution in [2.45, 2.75) is 13.3 Å². The lowest BCUT2D eigenvalue weighted by molar-refractivity contribution is -0.191. The topological polar surface area (TPSA) is 43.4 Å². The molecule has 0 saturated carbocycles. The summed E-state index contributed by atoms with van der Waals surface area (Å²) in [5.74, 6) is 0. The van der Waals surface area contributed by atoms with Crippen LogP contribution < -0.4 is 0 Å². The van der Waals surface area contributed by atoms with Gasteiger partial charge in [0.1, 0.15) is 0 Å². The molecule has 0 saturated heterocycles. The van der Waals surface area contributed by atoms with E-state index in [-0.39, 0.29) is 6.15 Å². The van der Waals surface area contributed by atoms with Gasteiger partial charge in [-0.2, -0.15) is 9.59 Å². The molecular formula is C5H10O3. The Morgan fingerprint density at radius 2 is 1.88 bits per heavy atom. The lowest BCUT2D eigenvalue weighted by atomic mass is 10.5. The first-order chi connectivity index (χ1) is 3.83. The molecule has 0 amide bonds. The van der Waals surface area contributed by atoms with Gasteiger partial charge in [-0.1, -0.05) is 6.92 Å². The first-order valence-electron chi connectivity index (χ1n) is 2.31. The van der Waals surface area contributed by atoms with Crippen LogP contribution in [0.2, 0.25) is 0 Å². The largest absolute Gasteiger partial charge is 0.385 e. The summed E-state index contributed by atoms with van der Waals surface area (Å²) in [6.45, 7) is 2.98. The highest BCUT2D eigenvalue weighted by Crippen LogP contribution is 1.70. The Bertz CT molecular complexity index is 52.7. The van der Waals surface area contributed by atoms with E-state index in [2.05, 4.69) is 6.92 Å². The van der Waals surface area contributed by atoms with Crippen LogP contribution in [0.5, 0.6) is 0 Å². The number of methoxy groups -OCH3 is 1. The molecule has 0 aromatic rings. The van der Waals surface area contributed by atoms with Crippen molar-refractivity contribution in [2.75, 3.05) is 13.7 Å². The second kappa shape index (κ2) is 16.2. The van der Waals surface area contributed by atoms with E-state index in [1.165, 1.54) is 0 Å². The molecule has 0 aliphatic rings. The average Bonchev–Trinajstić information content (AvgIpc) is 1.71. The second-order valence-electron chi connectivity index (χ2n) is 1.08. The zero-order valence-electron chi connectivity index (χ0n) is 5.14. The molecule has 8 heavy (non-hydrogen) atoms. The van der Waals surface area contributed by atoms with Crippen LogP contribution in [0.4, 0.5) is 0 Å². The number of hydrogen-bond acceptors (Lipinski definition) is 3. The lowest BCUT2D eigenvalue weighted by Crippen LogP contribution is -1.80. The van der Waals surface area contributed by atoms with Gasteiger partial charge < -0.3 is 4.74 Å². The van der Waals surface area contributed by atoms with E-state index in [4.69, 9.17) is 14.3 Å². The minimum absolute atomic E-state index is 0.250. The van der Waals surface area contributed by atoms with Crippen molar-refractivity contribution in [3.05, 3.63) is 0 Å². The molecule has 0 heterocycles. The number of hydrogen-bond donors (Lipinski definition) is 0. The summed E-state index contributed by atoms with van der Waals surface area (Å²) in [4.78, 5) is 16.2. The summed E-state index contributed by atoms with van der Waals surface area (Å²) in [5.41, 5.74) is 0. The smallest absolute Gasteiger partial charge is 0.373 e. The number of rotatable bonds is 2. The van der Waals surface area contributed by atoms with Crippen molar-refractivity contribution >= 4 is 6.15 Å². The van der Waals surface area contributed by atoms with Crippen LogP contribution in [0.25, 0.3) is 0 Å². The van der Waals surface area contributed by atoms with Crippen molar-refractivity contribution < 1.29 is 14.3 Å². The van der Waals surface area contributed by atoms with Crippen LogP contribution in [0, 0.1) is 0 Å². The molecule has 0 bridgehead atoms. The molecule has 48 valence electrons. The molecule has 0 aromatic heterocycles. The average molecular weight is 118 g/mol. The third kappa shape index (κ3) is 56.0. The normalized spacial score (nSPS) is 6.25. The molecule has 0 radical (unpaired) electrons. The van der Waals surface area contributed by atoms with E-state index in [0.717, 1.165) is 13.0 Å². The summed E-state index contributed by atoms with van der Waals surface area (Å²) < 4.78 is 4.69. The minimum atomic E-state index is 0.250. The summed E-state index contributed by atoms with van der Waals surface area (Å²) >= 11 is 0. The maximum atomic E-state index is 8.12. The summed E-state index contributed by atoms with van der Waals surface area (Å²) in [6.07, 6.45) is 1.37. The van der Waals surface area contributed by atoms with Crippen LogP contribution in [0.15, 0.2) is 0 Å². The van der Waals surface area contributed by atoms with E-state index in [1.807, 2.05) is 0 Å². The lowest BCUT2D eigenvalue weighted by Gasteiger charge is -1.84. The number of carbonyl (C=O) groups excluding carboxylic acids is 2. The van der Waals surface area contributed by atoms with Gasteiger partial charge in [-0.05, 0) is 6.42 Å². The summed E-state index contributed by atoms with van der Waals surface area (Å²) in [6, 6.07) is 0. The Balaban J connectivity index is 0. The highest BCUT2D eigenvalue weighted by atomic mass is 16.5. The van der Waals surface area contributed by atoms with E-state index < -0.39 is 0 Å². The molecule has 0 spiro atoms. The van der Waals surface area contributed by atoms with Gasteiger partial charge in [0.2, 0.25) is 0 Å². The molecule has 0 N–H and O–H groups in total. The quantitative estimate of drug-likeness (QED) is 0.529. The van der Waals surface area contributed by atoms with Crippen LogP contribution in [-0.2, 0) is 14.3 Å². The molecule has 3 nitrogen and oxygen atoms in total. The third-order valence-electron chi connectivity index (χ3n) is 0.408. The van der Waals surface area contributed by atoms with Crippen LogP contribution >= 0.6 is 0 Å². The Morgan fingerprint density at radius 3 is 1.88 bits per heavy atom. The first kappa shape index (κ1) is 10.3. The van der Waals surface area contributed by atoms with Gasteiger partial charge >= 0.3 is 6.15 Å². The molecule has 3 heteroatoms. The van der Waals surface area contributed by atoms with Gasteiger partial charge in [0.25, 0.3) is 0 Å². The van der Waals surface area contributed by atoms with Gasteiger partial charge in [0, 0.05) is 13.7 Å². The van der Waals surface area contributed by atoms with Crippen LogP contribution in [0.3, 0.4) is 0 Å². The maximum absolute atomic E-state index is 8.12. The fraction of sp³-hybridized carbons (Fsp3) is 0.800. The SMILES string of the molecule is CCCOC.O=C=O.